The smallest absolute Gasteiger partial charge is 0.244 e. The first-order valence-corrected chi connectivity index (χ1v) is 7.96. The third-order valence-electron chi connectivity index (χ3n) is 3.84. The Bertz CT molecular complexity index is 502. The van der Waals surface area contributed by atoms with E-state index in [1.165, 1.54) is 0 Å². The fourth-order valence-electron chi connectivity index (χ4n) is 2.54. The fraction of sp³-hybridized carbons (Fsp3) is 0.588. The van der Waals surface area contributed by atoms with E-state index in [1.807, 2.05) is 31.2 Å². The number of halogens is 1. The Morgan fingerprint density at radius 3 is 2.96 bits per heavy atom. The van der Waals surface area contributed by atoms with Crippen molar-refractivity contribution in [2.75, 3.05) is 18.5 Å². The highest BCUT2D eigenvalue weighted by Crippen LogP contribution is 2.21. The summed E-state index contributed by atoms with van der Waals surface area (Å²) in [6.45, 7) is 5.13. The molecule has 2 atom stereocenters. The lowest BCUT2D eigenvalue weighted by atomic mass is 9.96. The van der Waals surface area contributed by atoms with Crippen LogP contribution in [0.15, 0.2) is 24.3 Å². The molecule has 130 valence electrons. The van der Waals surface area contributed by atoms with Gasteiger partial charge in [-0.05, 0) is 38.3 Å². The highest BCUT2D eigenvalue weighted by atomic mass is 35.5. The van der Waals surface area contributed by atoms with Crippen molar-refractivity contribution in [3.63, 3.8) is 0 Å². The molecule has 2 rings (SSSR count). The molecule has 1 aliphatic heterocycles. The summed E-state index contributed by atoms with van der Waals surface area (Å²) < 4.78 is 11.3. The molecule has 3 N–H and O–H groups in total. The van der Waals surface area contributed by atoms with E-state index in [2.05, 4.69) is 5.32 Å². The first-order chi connectivity index (χ1) is 10.5. The number of carbonyl (C=O) groups excluding carboxylic acids is 1. The molecule has 6 heteroatoms. The molecular weight excluding hydrogens is 316 g/mol. The van der Waals surface area contributed by atoms with Gasteiger partial charge in [0.2, 0.25) is 5.91 Å². The van der Waals surface area contributed by atoms with Crippen molar-refractivity contribution in [3.05, 3.63) is 24.3 Å². The minimum atomic E-state index is -0.858. The van der Waals surface area contributed by atoms with Crippen molar-refractivity contribution in [1.82, 2.24) is 0 Å². The zero-order valence-corrected chi connectivity index (χ0v) is 14.7. The van der Waals surface area contributed by atoms with Gasteiger partial charge in [0.05, 0.1) is 11.6 Å². The van der Waals surface area contributed by atoms with Crippen LogP contribution in [0.3, 0.4) is 0 Å². The number of ether oxygens (including phenoxy) is 2. The molecule has 1 aromatic carbocycles. The Morgan fingerprint density at radius 2 is 2.30 bits per heavy atom. The second-order valence-corrected chi connectivity index (χ2v) is 6.10. The number of benzene rings is 1. The van der Waals surface area contributed by atoms with E-state index in [-0.39, 0.29) is 24.4 Å². The van der Waals surface area contributed by atoms with Gasteiger partial charge in [-0.1, -0.05) is 19.4 Å². The van der Waals surface area contributed by atoms with E-state index in [4.69, 9.17) is 15.2 Å². The maximum atomic E-state index is 12.2. The largest absolute Gasteiger partial charge is 0.491 e. The normalized spacial score (nSPS) is 19.5. The molecule has 1 heterocycles. The van der Waals surface area contributed by atoms with Crippen LogP contribution in [-0.2, 0) is 9.53 Å². The van der Waals surface area contributed by atoms with E-state index in [9.17, 15) is 4.79 Å². The SMILES string of the molecule is CCCC(C)(N)C(=O)Nc1cccc(OCC2CCCO2)c1.Cl. The van der Waals surface area contributed by atoms with Gasteiger partial charge in [0.25, 0.3) is 0 Å². The molecule has 0 saturated carbocycles. The molecule has 1 fully saturated rings. The van der Waals surface area contributed by atoms with Crippen molar-refractivity contribution >= 4 is 24.0 Å². The van der Waals surface area contributed by atoms with Crippen molar-refractivity contribution in [1.29, 1.82) is 0 Å². The number of nitrogens with two attached hydrogens (primary N) is 1. The summed E-state index contributed by atoms with van der Waals surface area (Å²) in [4.78, 5) is 12.2. The summed E-state index contributed by atoms with van der Waals surface area (Å²) in [5.41, 5.74) is 5.88. The average molecular weight is 343 g/mol. The van der Waals surface area contributed by atoms with Gasteiger partial charge in [-0.25, -0.2) is 0 Å². The van der Waals surface area contributed by atoms with Gasteiger partial charge in [0.1, 0.15) is 12.4 Å². The Hall–Kier alpha value is -1.30. The summed E-state index contributed by atoms with van der Waals surface area (Å²) in [5, 5.41) is 2.86. The maximum Gasteiger partial charge on any atom is 0.244 e. The maximum absolute atomic E-state index is 12.2. The van der Waals surface area contributed by atoms with Gasteiger partial charge in [-0.3, -0.25) is 4.79 Å². The molecule has 1 saturated heterocycles. The minimum Gasteiger partial charge on any atom is -0.491 e. The predicted molar refractivity (Wildman–Crippen MR) is 94.3 cm³/mol. The Balaban J connectivity index is 0.00000264. The van der Waals surface area contributed by atoms with Crippen LogP contribution in [0.2, 0.25) is 0 Å². The summed E-state index contributed by atoms with van der Waals surface area (Å²) >= 11 is 0. The molecule has 0 radical (unpaired) electrons. The molecule has 0 aromatic heterocycles. The van der Waals surface area contributed by atoms with Gasteiger partial charge in [0.15, 0.2) is 0 Å². The highest BCUT2D eigenvalue weighted by molar-refractivity contribution is 5.97. The van der Waals surface area contributed by atoms with Crippen molar-refractivity contribution in [2.45, 2.75) is 51.2 Å². The monoisotopic (exact) mass is 342 g/mol. The summed E-state index contributed by atoms with van der Waals surface area (Å²) in [7, 11) is 0. The van der Waals surface area contributed by atoms with Crippen LogP contribution in [0.4, 0.5) is 5.69 Å². The third kappa shape index (κ3) is 6.01. The molecule has 5 nitrogen and oxygen atoms in total. The standard InChI is InChI=1S/C17H26N2O3.ClH/c1-3-9-17(2,18)16(20)19-13-6-4-7-14(11-13)22-12-15-8-5-10-21-15;/h4,6-7,11,15H,3,5,8-10,12,18H2,1-2H3,(H,19,20);1H. The van der Waals surface area contributed by atoms with Gasteiger partial charge in [0, 0.05) is 18.4 Å². The Morgan fingerprint density at radius 1 is 1.52 bits per heavy atom. The molecule has 1 aliphatic rings. The number of amides is 1. The van der Waals surface area contributed by atoms with Crippen LogP contribution >= 0.6 is 12.4 Å². The van der Waals surface area contributed by atoms with Gasteiger partial charge in [-0.2, -0.15) is 0 Å². The third-order valence-corrected chi connectivity index (χ3v) is 3.84. The fourth-order valence-corrected chi connectivity index (χ4v) is 2.54. The van der Waals surface area contributed by atoms with Crippen molar-refractivity contribution < 1.29 is 14.3 Å². The quantitative estimate of drug-likeness (QED) is 0.798. The number of anilines is 1. The molecule has 0 aliphatic carbocycles. The number of carbonyl (C=O) groups is 1. The predicted octanol–water partition coefficient (Wildman–Crippen LogP) is 3.12. The van der Waals surface area contributed by atoms with E-state index >= 15 is 0 Å². The number of hydrogen-bond donors (Lipinski definition) is 2. The molecule has 2 unspecified atom stereocenters. The van der Waals surface area contributed by atoms with E-state index in [1.54, 1.807) is 6.92 Å². The molecule has 1 aromatic rings. The van der Waals surface area contributed by atoms with Crippen LogP contribution in [0, 0.1) is 0 Å². The first-order valence-electron chi connectivity index (χ1n) is 7.96. The van der Waals surface area contributed by atoms with Crippen molar-refractivity contribution in [2.24, 2.45) is 5.73 Å². The van der Waals surface area contributed by atoms with E-state index in [0.29, 0.717) is 18.7 Å². The number of nitrogens with one attached hydrogen (secondary N) is 1. The van der Waals surface area contributed by atoms with E-state index in [0.717, 1.165) is 31.6 Å². The van der Waals surface area contributed by atoms with Gasteiger partial charge in [-0.15, -0.1) is 12.4 Å². The van der Waals surface area contributed by atoms with Crippen molar-refractivity contribution in [3.8, 4) is 5.75 Å². The molecule has 0 spiro atoms. The Labute approximate surface area is 144 Å². The number of hydrogen-bond acceptors (Lipinski definition) is 4. The summed E-state index contributed by atoms with van der Waals surface area (Å²) in [6.07, 6.45) is 3.82. The van der Waals surface area contributed by atoms with Gasteiger partial charge < -0.3 is 20.5 Å². The first kappa shape index (κ1) is 19.7. The molecule has 23 heavy (non-hydrogen) atoms. The van der Waals surface area contributed by atoms with E-state index < -0.39 is 5.54 Å². The molecule has 1 amide bonds. The minimum absolute atomic E-state index is 0. The van der Waals surface area contributed by atoms with Crippen LogP contribution in [-0.4, -0.2) is 30.8 Å². The number of rotatable bonds is 7. The Kier molecular flexibility index (Phi) is 7.82. The molecular formula is C17H27ClN2O3. The second-order valence-electron chi connectivity index (χ2n) is 6.10. The topological polar surface area (TPSA) is 73.6 Å². The van der Waals surface area contributed by atoms with Crippen LogP contribution < -0.4 is 15.8 Å². The van der Waals surface area contributed by atoms with Crippen LogP contribution in [0.25, 0.3) is 0 Å². The van der Waals surface area contributed by atoms with Gasteiger partial charge >= 0.3 is 0 Å². The lowest BCUT2D eigenvalue weighted by Crippen LogP contribution is -2.48. The molecule has 0 bridgehead atoms. The zero-order chi connectivity index (χ0) is 16.0. The second kappa shape index (κ2) is 9.11. The van der Waals surface area contributed by atoms with Crippen LogP contribution in [0.5, 0.6) is 5.75 Å². The lowest BCUT2D eigenvalue weighted by molar-refractivity contribution is -0.120. The lowest BCUT2D eigenvalue weighted by Gasteiger charge is -2.23. The average Bonchev–Trinajstić information content (AvgIpc) is 2.99. The van der Waals surface area contributed by atoms with Crippen LogP contribution in [0.1, 0.15) is 39.5 Å². The zero-order valence-electron chi connectivity index (χ0n) is 13.8. The summed E-state index contributed by atoms with van der Waals surface area (Å²) in [5.74, 6) is 0.549. The highest BCUT2D eigenvalue weighted by Gasteiger charge is 2.27. The summed E-state index contributed by atoms with van der Waals surface area (Å²) in [6, 6.07) is 7.38.